The molecule has 1 aliphatic heterocycles. The van der Waals surface area contributed by atoms with Crippen LogP contribution in [-0.4, -0.2) is 21.6 Å². The summed E-state index contributed by atoms with van der Waals surface area (Å²) in [6.45, 7) is 0. The minimum absolute atomic E-state index is 0.390. The predicted molar refractivity (Wildman–Crippen MR) is 71.9 cm³/mol. The first-order valence-electron chi connectivity index (χ1n) is 7.02. The lowest BCUT2D eigenvalue weighted by atomic mass is 9.75. The smallest absolute Gasteiger partial charge is 0.119 e. The molecule has 3 nitrogen and oxygen atoms in total. The van der Waals surface area contributed by atoms with Crippen LogP contribution < -0.4 is 5.32 Å². The van der Waals surface area contributed by atoms with Crippen LogP contribution >= 0.6 is 11.8 Å². The van der Waals surface area contributed by atoms with Gasteiger partial charge in [0, 0.05) is 10.5 Å². The van der Waals surface area contributed by atoms with E-state index in [1.54, 1.807) is 0 Å². The summed E-state index contributed by atoms with van der Waals surface area (Å²) in [6.07, 6.45) is 8.78. The van der Waals surface area contributed by atoms with Gasteiger partial charge in [-0.25, -0.2) is 0 Å². The number of hydrogen-bond donors (Lipinski definition) is 1. The molecule has 18 heavy (non-hydrogen) atoms. The van der Waals surface area contributed by atoms with Gasteiger partial charge in [-0.2, -0.15) is 10.5 Å². The lowest BCUT2D eigenvalue weighted by Gasteiger charge is -2.54. The van der Waals surface area contributed by atoms with Crippen molar-refractivity contribution in [3.63, 3.8) is 0 Å². The van der Waals surface area contributed by atoms with E-state index in [2.05, 4.69) is 17.5 Å². The van der Waals surface area contributed by atoms with Gasteiger partial charge >= 0.3 is 0 Å². The first-order valence-corrected chi connectivity index (χ1v) is 7.96. The van der Waals surface area contributed by atoms with E-state index < -0.39 is 11.1 Å². The maximum atomic E-state index is 9.64. The molecule has 0 aromatic carbocycles. The van der Waals surface area contributed by atoms with Crippen molar-refractivity contribution >= 4 is 11.8 Å². The molecule has 4 heteroatoms. The van der Waals surface area contributed by atoms with Crippen molar-refractivity contribution in [2.45, 2.75) is 72.9 Å². The second-order valence-corrected chi connectivity index (χ2v) is 7.31. The van der Waals surface area contributed by atoms with E-state index in [0.717, 1.165) is 38.5 Å². The predicted octanol–water partition coefficient (Wildman–Crippen LogP) is 2.73. The van der Waals surface area contributed by atoms with Crippen LogP contribution in [-0.2, 0) is 0 Å². The van der Waals surface area contributed by atoms with Crippen LogP contribution in [0.15, 0.2) is 0 Å². The Hall–Kier alpha value is -0.710. The molecule has 0 aromatic heterocycles. The third-order valence-corrected chi connectivity index (χ3v) is 6.78. The molecule has 96 valence electrons. The second-order valence-electron chi connectivity index (χ2n) is 5.90. The molecule has 0 bridgehead atoms. The average Bonchev–Trinajstić information content (AvgIpc) is 2.44. The number of rotatable bonds is 0. The summed E-state index contributed by atoms with van der Waals surface area (Å²) in [5.74, 6) is 0. The van der Waals surface area contributed by atoms with Crippen LogP contribution in [0.1, 0.15) is 51.4 Å². The zero-order chi connectivity index (χ0) is 12.6. The number of thioether (sulfide) groups is 1. The monoisotopic (exact) mass is 261 g/mol. The van der Waals surface area contributed by atoms with Crippen molar-refractivity contribution in [2.24, 2.45) is 0 Å². The Bertz CT molecular complexity index is 386. The number of hydrogen-bond acceptors (Lipinski definition) is 4. The van der Waals surface area contributed by atoms with E-state index >= 15 is 0 Å². The summed E-state index contributed by atoms with van der Waals surface area (Å²) in [6, 6.07) is 5.06. The van der Waals surface area contributed by atoms with Crippen molar-refractivity contribution in [2.75, 3.05) is 0 Å². The molecule has 1 heterocycles. The average molecular weight is 261 g/mol. The molecule has 1 N–H and O–H groups in total. The fraction of sp³-hybridized carbons (Fsp3) is 0.857. The van der Waals surface area contributed by atoms with Gasteiger partial charge in [0.25, 0.3) is 0 Å². The number of fused-ring (bicyclic) bond motifs is 2. The third-order valence-electron chi connectivity index (χ3n) is 4.85. The van der Waals surface area contributed by atoms with Gasteiger partial charge in [-0.05, 0) is 25.7 Å². The van der Waals surface area contributed by atoms with Gasteiger partial charge in [-0.1, -0.05) is 25.7 Å². The number of nitriles is 2. The second kappa shape index (κ2) is 4.44. The van der Waals surface area contributed by atoms with Crippen LogP contribution in [0.25, 0.3) is 0 Å². The first-order chi connectivity index (χ1) is 8.75. The van der Waals surface area contributed by atoms with Gasteiger partial charge in [0.2, 0.25) is 0 Å². The molecular weight excluding hydrogens is 242 g/mol. The zero-order valence-corrected chi connectivity index (χ0v) is 11.4. The van der Waals surface area contributed by atoms with Crippen LogP contribution in [0, 0.1) is 22.7 Å². The molecule has 0 radical (unpaired) electrons. The van der Waals surface area contributed by atoms with Gasteiger partial charge in [0.15, 0.2) is 0 Å². The molecule has 3 fully saturated rings. The molecule has 4 atom stereocenters. The zero-order valence-electron chi connectivity index (χ0n) is 10.6. The Morgan fingerprint density at radius 1 is 0.889 bits per heavy atom. The SMILES string of the molecule is N#C[C@@]12CCCC[C@@H]1S[C@@H]1CCCC[C@]1(C#N)N2. The van der Waals surface area contributed by atoms with Crippen molar-refractivity contribution in [1.29, 1.82) is 10.5 Å². The van der Waals surface area contributed by atoms with Crippen molar-refractivity contribution in [3.05, 3.63) is 0 Å². The van der Waals surface area contributed by atoms with Crippen molar-refractivity contribution in [3.8, 4) is 12.1 Å². The normalized spacial score (nSPS) is 47.2. The maximum Gasteiger partial charge on any atom is 0.119 e. The Morgan fingerprint density at radius 2 is 1.39 bits per heavy atom. The molecule has 1 saturated heterocycles. The Balaban J connectivity index is 1.95. The maximum absolute atomic E-state index is 9.64. The fourth-order valence-corrected chi connectivity index (χ4v) is 5.77. The first kappa shape index (κ1) is 12.3. The molecule has 3 rings (SSSR count). The molecule has 0 spiro atoms. The van der Waals surface area contributed by atoms with Gasteiger partial charge < -0.3 is 0 Å². The van der Waals surface area contributed by atoms with Crippen LogP contribution in [0.2, 0.25) is 0 Å². The van der Waals surface area contributed by atoms with Crippen LogP contribution in [0.5, 0.6) is 0 Å². The highest BCUT2D eigenvalue weighted by Crippen LogP contribution is 2.50. The minimum atomic E-state index is -0.438. The van der Waals surface area contributed by atoms with E-state index in [9.17, 15) is 10.5 Å². The summed E-state index contributed by atoms with van der Waals surface area (Å²) in [7, 11) is 0. The largest absolute Gasteiger partial charge is 0.280 e. The van der Waals surface area contributed by atoms with E-state index in [0.29, 0.717) is 10.5 Å². The lowest BCUT2D eigenvalue weighted by Crippen LogP contribution is -2.70. The minimum Gasteiger partial charge on any atom is -0.280 e. The summed E-state index contributed by atoms with van der Waals surface area (Å²) in [4.78, 5) is 0. The molecule has 0 amide bonds. The Kier molecular flexibility index (Phi) is 3.04. The molecule has 0 aromatic rings. The van der Waals surface area contributed by atoms with E-state index in [1.807, 2.05) is 11.8 Å². The molecule has 2 aliphatic carbocycles. The number of nitrogens with one attached hydrogen (secondary N) is 1. The fourth-order valence-electron chi connectivity index (χ4n) is 3.84. The lowest BCUT2D eigenvalue weighted by molar-refractivity contribution is 0.190. The Morgan fingerprint density at radius 3 is 1.83 bits per heavy atom. The molecule has 3 aliphatic rings. The summed E-state index contributed by atoms with van der Waals surface area (Å²) >= 11 is 1.94. The van der Waals surface area contributed by atoms with E-state index in [1.165, 1.54) is 12.8 Å². The highest BCUT2D eigenvalue weighted by Gasteiger charge is 2.56. The van der Waals surface area contributed by atoms with Gasteiger partial charge in [-0.3, -0.25) is 5.32 Å². The quantitative estimate of drug-likeness (QED) is 0.728. The van der Waals surface area contributed by atoms with Gasteiger partial charge in [0.05, 0.1) is 12.1 Å². The standard InChI is InChI=1S/C14H19N3S/c15-9-13-7-3-1-5-11(13)18-12-6-2-4-8-14(12,10-16)17-13/h11-12,17H,1-8H2/t11-,12+,13-,14+. The number of nitrogens with zero attached hydrogens (tertiary/aromatic N) is 2. The van der Waals surface area contributed by atoms with Crippen LogP contribution in [0.4, 0.5) is 0 Å². The van der Waals surface area contributed by atoms with E-state index in [4.69, 9.17) is 0 Å². The summed E-state index contributed by atoms with van der Waals surface area (Å²) in [5.41, 5.74) is -0.876. The third kappa shape index (κ3) is 1.67. The van der Waals surface area contributed by atoms with Crippen LogP contribution in [0.3, 0.4) is 0 Å². The highest BCUT2D eigenvalue weighted by atomic mass is 32.2. The van der Waals surface area contributed by atoms with Crippen molar-refractivity contribution in [1.82, 2.24) is 5.32 Å². The van der Waals surface area contributed by atoms with Gasteiger partial charge in [-0.15, -0.1) is 11.8 Å². The topological polar surface area (TPSA) is 59.6 Å². The molecule has 2 saturated carbocycles. The summed E-state index contributed by atoms with van der Waals surface area (Å²) in [5, 5.41) is 23.6. The highest BCUT2D eigenvalue weighted by molar-refractivity contribution is 8.00. The van der Waals surface area contributed by atoms with E-state index in [-0.39, 0.29) is 0 Å². The summed E-state index contributed by atoms with van der Waals surface area (Å²) < 4.78 is 0. The van der Waals surface area contributed by atoms with Gasteiger partial charge in [0.1, 0.15) is 11.1 Å². The molecular formula is C14H19N3S. The molecule has 0 unspecified atom stereocenters. The van der Waals surface area contributed by atoms with Crippen molar-refractivity contribution < 1.29 is 0 Å². The Labute approximate surface area is 113 Å².